The van der Waals surface area contributed by atoms with Gasteiger partial charge in [0.2, 0.25) is 5.91 Å². The fraction of sp³-hybridized carbons (Fsp3) is 0.800. The molecule has 1 aliphatic carbocycles. The molecule has 1 rings (SSSR count). The van der Waals surface area contributed by atoms with E-state index in [0.29, 0.717) is 0 Å². The van der Waals surface area contributed by atoms with Gasteiger partial charge in [-0.1, -0.05) is 13.8 Å². The van der Waals surface area contributed by atoms with Gasteiger partial charge in [0.15, 0.2) is 0 Å². The molecular weight excluding hydrogens is 239 g/mol. The number of halogens is 3. The van der Waals surface area contributed by atoms with Gasteiger partial charge in [-0.05, 0) is 12.8 Å². The molecule has 0 radical (unpaired) electrons. The lowest BCUT2D eigenvalue weighted by molar-refractivity contribution is -0.172. The van der Waals surface area contributed by atoms with E-state index in [1.54, 1.807) is 0 Å². The number of aliphatic carboxylic acids is 1. The number of carboxylic acids is 1. The Labute approximate surface area is 96.2 Å². The van der Waals surface area contributed by atoms with Crippen LogP contribution in [0.4, 0.5) is 13.2 Å². The number of carbonyl (C=O) groups excluding carboxylic acids is 1. The Kier molecular flexibility index (Phi) is 3.40. The van der Waals surface area contributed by atoms with E-state index in [1.165, 1.54) is 13.8 Å². The molecule has 98 valence electrons. The summed E-state index contributed by atoms with van der Waals surface area (Å²) in [5, 5.41) is 10.6. The van der Waals surface area contributed by atoms with Gasteiger partial charge in [-0.15, -0.1) is 0 Å². The molecule has 0 saturated heterocycles. The normalized spacial score (nSPS) is 21.5. The molecular formula is C10H14F3NO3. The van der Waals surface area contributed by atoms with Gasteiger partial charge in [-0.25, -0.2) is 0 Å². The first-order chi connectivity index (χ1) is 7.61. The van der Waals surface area contributed by atoms with Gasteiger partial charge >= 0.3 is 12.1 Å². The third-order valence-electron chi connectivity index (χ3n) is 3.21. The van der Waals surface area contributed by atoms with Crippen molar-refractivity contribution >= 4 is 11.9 Å². The summed E-state index contributed by atoms with van der Waals surface area (Å²) in [5.41, 5.74) is -2.13. The van der Waals surface area contributed by atoms with Crippen molar-refractivity contribution < 1.29 is 27.9 Å². The highest BCUT2D eigenvalue weighted by Crippen LogP contribution is 2.49. The van der Waals surface area contributed by atoms with Gasteiger partial charge in [-0.3, -0.25) is 9.59 Å². The molecule has 1 aliphatic rings. The maximum Gasteiger partial charge on any atom is 0.411 e. The fourth-order valence-corrected chi connectivity index (χ4v) is 1.39. The molecule has 0 bridgehead atoms. The average Bonchev–Trinajstić information content (AvgIpc) is 2.95. The number of hydrogen-bond donors (Lipinski definition) is 2. The first-order valence-electron chi connectivity index (χ1n) is 5.22. The molecule has 1 saturated carbocycles. The largest absolute Gasteiger partial charge is 0.481 e. The molecule has 2 N–H and O–H groups in total. The van der Waals surface area contributed by atoms with Crippen LogP contribution in [0.2, 0.25) is 0 Å². The monoisotopic (exact) mass is 253 g/mol. The molecule has 0 aliphatic heterocycles. The van der Waals surface area contributed by atoms with Crippen molar-refractivity contribution in [3.8, 4) is 0 Å². The average molecular weight is 253 g/mol. The number of carboxylic acid groups (broad SMARTS) is 1. The van der Waals surface area contributed by atoms with Gasteiger partial charge in [0, 0.05) is 5.92 Å². The minimum atomic E-state index is -4.48. The van der Waals surface area contributed by atoms with Gasteiger partial charge in [-0.2, -0.15) is 13.2 Å². The molecule has 1 amide bonds. The third-order valence-corrected chi connectivity index (χ3v) is 3.21. The number of carbonyl (C=O) groups is 2. The Balaban J connectivity index is 2.65. The highest BCUT2D eigenvalue weighted by Gasteiger charge is 2.64. The van der Waals surface area contributed by atoms with E-state index in [4.69, 9.17) is 5.11 Å². The summed E-state index contributed by atoms with van der Waals surface area (Å²) in [4.78, 5) is 22.1. The number of hydrogen-bond acceptors (Lipinski definition) is 2. The van der Waals surface area contributed by atoms with Crippen molar-refractivity contribution in [2.24, 2.45) is 11.8 Å². The van der Waals surface area contributed by atoms with E-state index < -0.39 is 35.4 Å². The molecule has 2 unspecified atom stereocenters. The minimum absolute atomic E-state index is 0.142. The van der Waals surface area contributed by atoms with Crippen LogP contribution < -0.4 is 5.32 Å². The van der Waals surface area contributed by atoms with Crippen LogP contribution >= 0.6 is 0 Å². The summed E-state index contributed by atoms with van der Waals surface area (Å²) in [6, 6.07) is 0. The lowest BCUT2D eigenvalue weighted by Gasteiger charge is -2.24. The van der Waals surface area contributed by atoms with Crippen molar-refractivity contribution in [2.75, 3.05) is 0 Å². The molecule has 0 aromatic carbocycles. The van der Waals surface area contributed by atoms with Crippen LogP contribution in [-0.4, -0.2) is 28.7 Å². The SMILES string of the molecule is CC(C(=O)O)C(C)C(=O)NC1(C(F)(F)F)CC1. The van der Waals surface area contributed by atoms with E-state index in [9.17, 15) is 22.8 Å². The van der Waals surface area contributed by atoms with Crippen molar-refractivity contribution in [3.63, 3.8) is 0 Å². The first kappa shape index (κ1) is 13.8. The Hall–Kier alpha value is -1.27. The van der Waals surface area contributed by atoms with Gasteiger partial charge < -0.3 is 10.4 Å². The summed E-state index contributed by atoms with van der Waals surface area (Å²) in [5.74, 6) is -4.08. The van der Waals surface area contributed by atoms with Gasteiger partial charge in [0.05, 0.1) is 5.92 Å². The topological polar surface area (TPSA) is 66.4 Å². The van der Waals surface area contributed by atoms with E-state index in [2.05, 4.69) is 0 Å². The molecule has 0 spiro atoms. The second kappa shape index (κ2) is 4.19. The van der Waals surface area contributed by atoms with Crippen molar-refractivity contribution in [3.05, 3.63) is 0 Å². The smallest absolute Gasteiger partial charge is 0.411 e. The second-order valence-corrected chi connectivity index (χ2v) is 4.48. The van der Waals surface area contributed by atoms with Crippen LogP contribution in [-0.2, 0) is 9.59 Å². The number of alkyl halides is 3. The predicted octanol–water partition coefficient (Wildman–Crippen LogP) is 1.55. The summed E-state index contributed by atoms with van der Waals surface area (Å²) in [7, 11) is 0. The van der Waals surface area contributed by atoms with Crippen LogP contribution in [0, 0.1) is 11.8 Å². The maximum atomic E-state index is 12.5. The summed E-state index contributed by atoms with van der Waals surface area (Å²) >= 11 is 0. The molecule has 0 aromatic rings. The van der Waals surface area contributed by atoms with Crippen LogP contribution in [0.3, 0.4) is 0 Å². The zero-order chi connectivity index (χ0) is 13.4. The van der Waals surface area contributed by atoms with Gasteiger partial charge in [0.25, 0.3) is 0 Å². The number of amides is 1. The van der Waals surface area contributed by atoms with E-state index in [-0.39, 0.29) is 12.8 Å². The zero-order valence-electron chi connectivity index (χ0n) is 9.47. The fourth-order valence-electron chi connectivity index (χ4n) is 1.39. The minimum Gasteiger partial charge on any atom is -0.481 e. The van der Waals surface area contributed by atoms with Crippen molar-refractivity contribution in [2.45, 2.75) is 38.4 Å². The van der Waals surface area contributed by atoms with Crippen molar-refractivity contribution in [1.82, 2.24) is 5.32 Å². The van der Waals surface area contributed by atoms with E-state index >= 15 is 0 Å². The predicted molar refractivity (Wildman–Crippen MR) is 52.1 cm³/mol. The van der Waals surface area contributed by atoms with Crippen LogP contribution in [0.25, 0.3) is 0 Å². The number of nitrogens with one attached hydrogen (secondary N) is 1. The number of rotatable bonds is 4. The lowest BCUT2D eigenvalue weighted by Crippen LogP contribution is -2.50. The summed E-state index contributed by atoms with van der Waals surface area (Å²) < 4.78 is 37.6. The van der Waals surface area contributed by atoms with E-state index in [0.717, 1.165) is 0 Å². The second-order valence-electron chi connectivity index (χ2n) is 4.48. The molecule has 1 fully saturated rings. The molecule has 0 aromatic heterocycles. The zero-order valence-corrected chi connectivity index (χ0v) is 9.47. The summed E-state index contributed by atoms with van der Waals surface area (Å²) in [6.45, 7) is 2.60. The summed E-state index contributed by atoms with van der Waals surface area (Å²) in [6.07, 6.45) is -4.76. The molecule has 17 heavy (non-hydrogen) atoms. The molecule has 7 heteroatoms. The van der Waals surface area contributed by atoms with Crippen LogP contribution in [0.1, 0.15) is 26.7 Å². The Morgan fingerprint density at radius 2 is 1.71 bits per heavy atom. The Bertz CT molecular complexity index is 336. The molecule has 2 atom stereocenters. The Morgan fingerprint density at radius 3 is 2.00 bits per heavy atom. The van der Waals surface area contributed by atoms with Gasteiger partial charge in [0.1, 0.15) is 5.54 Å². The Morgan fingerprint density at radius 1 is 1.24 bits per heavy atom. The maximum absolute atomic E-state index is 12.5. The molecule has 0 heterocycles. The quantitative estimate of drug-likeness (QED) is 0.798. The third kappa shape index (κ3) is 2.70. The van der Waals surface area contributed by atoms with Crippen molar-refractivity contribution in [1.29, 1.82) is 0 Å². The highest BCUT2D eigenvalue weighted by molar-refractivity contribution is 5.85. The van der Waals surface area contributed by atoms with Crippen LogP contribution in [0.15, 0.2) is 0 Å². The van der Waals surface area contributed by atoms with Crippen LogP contribution in [0.5, 0.6) is 0 Å². The lowest BCUT2D eigenvalue weighted by atomic mass is 9.95. The van der Waals surface area contributed by atoms with E-state index in [1.807, 2.05) is 5.32 Å². The highest BCUT2D eigenvalue weighted by atomic mass is 19.4. The first-order valence-corrected chi connectivity index (χ1v) is 5.22. The molecule has 4 nitrogen and oxygen atoms in total. The standard InChI is InChI=1S/C10H14F3NO3/c1-5(6(2)8(16)17)7(15)14-9(3-4-9)10(11,12)13/h5-6H,3-4H2,1-2H3,(H,14,15)(H,16,17).